The Hall–Kier alpha value is 0.300. The molecule has 0 nitrogen and oxygen atoms in total. The molecule has 4 rings (SSSR count). The monoisotopic (exact) mass is 604 g/mol. The molecule has 4 aromatic carbocycles. The molecule has 0 saturated heterocycles. The Bertz CT molecular complexity index is 815. The molecule has 0 fully saturated rings. The van der Waals surface area contributed by atoms with E-state index < -0.39 is 20.8 Å². The van der Waals surface area contributed by atoms with Crippen LogP contribution >= 0.6 is 48.9 Å². The van der Waals surface area contributed by atoms with Gasteiger partial charge >= 0.3 is 37.9 Å². The molecular weight excluding hydrogens is 590 g/mol. The van der Waals surface area contributed by atoms with E-state index in [-0.39, 0.29) is 0 Å². The van der Waals surface area contributed by atoms with E-state index in [1.165, 1.54) is 30.5 Å². The Morgan fingerprint density at radius 3 is 1.42 bits per heavy atom. The van der Waals surface area contributed by atoms with Crippen LogP contribution < -0.4 is 0 Å². The van der Waals surface area contributed by atoms with Crippen LogP contribution in [0.25, 0.3) is 21.5 Å². The van der Waals surface area contributed by atoms with Crippen LogP contribution in [0.1, 0.15) is 0 Å². The molecule has 2 radical (unpaired) electrons. The van der Waals surface area contributed by atoms with Gasteiger partial charge in [0.15, 0.2) is 0 Å². The molecule has 0 unspecified atom stereocenters. The Labute approximate surface area is 193 Å². The van der Waals surface area contributed by atoms with Crippen LogP contribution in [0.4, 0.5) is 0 Å². The van der Waals surface area contributed by atoms with E-state index in [2.05, 4.69) is 106 Å². The first-order chi connectivity index (χ1) is 12.6. The fraction of sp³-hybridized carbons (Fsp3) is 0.100. The molecule has 0 aliphatic heterocycles. The molecule has 134 valence electrons. The van der Waals surface area contributed by atoms with Gasteiger partial charge in [-0.15, -0.1) is 57.9 Å². The van der Waals surface area contributed by atoms with E-state index in [1.807, 2.05) is 12.1 Å². The van der Waals surface area contributed by atoms with Crippen molar-refractivity contribution < 1.29 is 20.8 Å². The summed E-state index contributed by atoms with van der Waals surface area (Å²) < 4.78 is 2.35. The van der Waals surface area contributed by atoms with Crippen molar-refractivity contribution in [1.82, 2.24) is 0 Å². The van der Waals surface area contributed by atoms with Crippen molar-refractivity contribution >= 4 is 80.0 Å². The van der Waals surface area contributed by atoms with Crippen molar-refractivity contribution in [2.75, 3.05) is 0 Å². The number of fused-ring (bicyclic) bond motifs is 2. The minimum atomic E-state index is -0.826. The SMILES string of the molecule is Brc1cccc2[cH-]ccc12.Brc1cccc2[cH-]ccc12.C[Si]C.[Cl][Zr+2][Cl]. The van der Waals surface area contributed by atoms with Gasteiger partial charge in [-0.05, 0) is 8.95 Å². The average molecular weight is 608 g/mol. The Balaban J connectivity index is 0.000000201. The number of hydrogen-bond donors (Lipinski definition) is 0. The molecule has 0 heterocycles. The molecule has 0 amide bonds. The molecule has 0 aromatic heterocycles. The quantitative estimate of drug-likeness (QED) is 0.138. The number of benzene rings is 2. The zero-order chi connectivity index (χ0) is 19.4. The summed E-state index contributed by atoms with van der Waals surface area (Å²) in [6.45, 7) is 4.31. The fourth-order valence-corrected chi connectivity index (χ4v) is 3.27. The number of rotatable bonds is 0. The van der Waals surface area contributed by atoms with Crippen LogP contribution in [0.5, 0.6) is 0 Å². The molecule has 4 aromatic rings. The van der Waals surface area contributed by atoms with Gasteiger partial charge in [-0.3, -0.25) is 0 Å². The zero-order valence-electron chi connectivity index (χ0n) is 14.4. The molecule has 0 aliphatic carbocycles. The molecule has 0 spiro atoms. The van der Waals surface area contributed by atoms with Crippen LogP contribution in [0.15, 0.2) is 81.7 Å². The first kappa shape index (κ1) is 24.3. The summed E-state index contributed by atoms with van der Waals surface area (Å²) in [6, 6.07) is 25.0. The van der Waals surface area contributed by atoms with E-state index in [9.17, 15) is 0 Å². The van der Waals surface area contributed by atoms with Gasteiger partial charge in [0.2, 0.25) is 0 Å². The van der Waals surface area contributed by atoms with Gasteiger partial charge in [0.1, 0.15) is 0 Å². The van der Waals surface area contributed by atoms with Gasteiger partial charge in [0, 0.05) is 9.52 Å². The van der Waals surface area contributed by atoms with Gasteiger partial charge in [0.05, 0.1) is 0 Å². The van der Waals surface area contributed by atoms with Crippen molar-refractivity contribution in [2.45, 2.75) is 13.1 Å². The summed E-state index contributed by atoms with van der Waals surface area (Å²) in [4.78, 5) is 0. The normalized spacial score (nSPS) is 9.15. The summed E-state index contributed by atoms with van der Waals surface area (Å²) in [5, 5.41) is 5.19. The van der Waals surface area contributed by atoms with E-state index in [4.69, 9.17) is 17.0 Å². The van der Waals surface area contributed by atoms with Crippen LogP contribution in [-0.2, 0) is 20.8 Å². The summed E-state index contributed by atoms with van der Waals surface area (Å²) in [7, 11) is 11.0. The van der Waals surface area contributed by atoms with E-state index >= 15 is 0 Å². The summed E-state index contributed by atoms with van der Waals surface area (Å²) in [5.74, 6) is 0. The number of hydrogen-bond acceptors (Lipinski definition) is 0. The summed E-state index contributed by atoms with van der Waals surface area (Å²) >= 11 is 6.13. The molecular formula is C20H18Br2Cl2SiZr. The molecule has 0 saturated carbocycles. The van der Waals surface area contributed by atoms with Crippen molar-refractivity contribution in [3.8, 4) is 0 Å². The predicted molar refractivity (Wildman–Crippen MR) is 124 cm³/mol. The fourth-order valence-electron chi connectivity index (χ4n) is 2.25. The molecule has 0 bridgehead atoms. The molecule has 0 N–H and O–H groups in total. The first-order valence-electron chi connectivity index (χ1n) is 7.73. The van der Waals surface area contributed by atoms with Gasteiger partial charge in [-0.2, -0.15) is 24.3 Å². The predicted octanol–water partition coefficient (Wildman–Crippen LogP) is 8.81. The standard InChI is InChI=1S/2C9H6Br.C2H6Si.2ClH.Zr/c2*10-9-6-2-4-7-3-1-5-8(7)9;1-3-2;;;/h2*1-6H;1-2H3;2*1H;/q2*-1;;;;+4/p-2. The van der Waals surface area contributed by atoms with Gasteiger partial charge in [-0.25, -0.2) is 0 Å². The minimum absolute atomic E-state index is 0.826. The third-order valence-corrected chi connectivity index (χ3v) is 4.63. The van der Waals surface area contributed by atoms with Crippen LogP contribution in [0, 0.1) is 0 Å². The second-order valence-corrected chi connectivity index (χ2v) is 11.5. The van der Waals surface area contributed by atoms with Crippen molar-refractivity contribution in [3.63, 3.8) is 0 Å². The third-order valence-electron chi connectivity index (χ3n) is 3.25. The Morgan fingerprint density at radius 1 is 0.769 bits per heavy atom. The molecule has 26 heavy (non-hydrogen) atoms. The third kappa shape index (κ3) is 8.12. The molecule has 0 aliphatic rings. The maximum absolute atomic E-state index is 4.93. The van der Waals surface area contributed by atoms with Crippen LogP contribution in [0.2, 0.25) is 13.1 Å². The summed E-state index contributed by atoms with van der Waals surface area (Å²) in [5.41, 5.74) is 0. The van der Waals surface area contributed by atoms with Crippen LogP contribution in [-0.4, -0.2) is 9.52 Å². The van der Waals surface area contributed by atoms with Crippen LogP contribution in [0.3, 0.4) is 0 Å². The zero-order valence-corrected chi connectivity index (χ0v) is 22.6. The molecule has 6 heteroatoms. The van der Waals surface area contributed by atoms with Crippen molar-refractivity contribution in [3.05, 3.63) is 81.7 Å². The first-order valence-corrected chi connectivity index (χ1v) is 17.6. The van der Waals surface area contributed by atoms with Gasteiger partial charge < -0.3 is 0 Å². The Kier molecular flexibility index (Phi) is 13.4. The molecule has 0 atom stereocenters. The topological polar surface area (TPSA) is 0 Å². The van der Waals surface area contributed by atoms with E-state index in [0.29, 0.717) is 0 Å². The second kappa shape index (κ2) is 14.3. The maximum atomic E-state index is 4.93. The van der Waals surface area contributed by atoms with Crippen molar-refractivity contribution in [2.24, 2.45) is 0 Å². The second-order valence-electron chi connectivity index (χ2n) is 5.11. The number of halogens is 4. The van der Waals surface area contributed by atoms with Gasteiger partial charge in [-0.1, -0.05) is 57.1 Å². The Morgan fingerprint density at radius 2 is 1.12 bits per heavy atom. The van der Waals surface area contributed by atoms with Crippen molar-refractivity contribution in [1.29, 1.82) is 0 Å². The van der Waals surface area contributed by atoms with E-state index in [0.717, 1.165) is 9.52 Å². The average Bonchev–Trinajstić information content (AvgIpc) is 3.27. The van der Waals surface area contributed by atoms with E-state index in [1.54, 1.807) is 0 Å². The summed E-state index contributed by atoms with van der Waals surface area (Å²) in [6.07, 6.45) is 0. The van der Waals surface area contributed by atoms with Gasteiger partial charge in [0.25, 0.3) is 0 Å².